The van der Waals surface area contributed by atoms with Gasteiger partial charge in [-0.3, -0.25) is 4.79 Å². The molecule has 5 heteroatoms. The molecule has 5 nitrogen and oxygen atoms in total. The summed E-state index contributed by atoms with van der Waals surface area (Å²) < 4.78 is 11.0. The molecule has 0 aromatic carbocycles. The predicted octanol–water partition coefficient (Wildman–Crippen LogP) is 0.688. The second-order valence-corrected chi connectivity index (χ2v) is 5.38. The van der Waals surface area contributed by atoms with Gasteiger partial charge in [-0.2, -0.15) is 0 Å². The molecule has 1 amide bonds. The van der Waals surface area contributed by atoms with Crippen LogP contribution in [-0.4, -0.2) is 51.5 Å². The van der Waals surface area contributed by atoms with Crippen molar-refractivity contribution in [2.75, 3.05) is 39.5 Å². The van der Waals surface area contributed by atoms with Crippen molar-refractivity contribution in [2.45, 2.75) is 38.2 Å². The van der Waals surface area contributed by atoms with Crippen molar-refractivity contribution in [1.82, 2.24) is 10.6 Å². The van der Waals surface area contributed by atoms with E-state index in [9.17, 15) is 4.79 Å². The minimum Gasteiger partial charge on any atom is -0.379 e. The van der Waals surface area contributed by atoms with E-state index in [4.69, 9.17) is 9.47 Å². The summed E-state index contributed by atoms with van der Waals surface area (Å²) in [6, 6.07) is 0. The van der Waals surface area contributed by atoms with E-state index < -0.39 is 0 Å². The van der Waals surface area contributed by atoms with Gasteiger partial charge in [0.05, 0.1) is 12.7 Å². The van der Waals surface area contributed by atoms with Gasteiger partial charge >= 0.3 is 0 Å². The van der Waals surface area contributed by atoms with Crippen LogP contribution in [0.4, 0.5) is 0 Å². The Hall–Kier alpha value is -0.650. The predicted molar refractivity (Wildman–Crippen MR) is 73.0 cm³/mol. The van der Waals surface area contributed by atoms with Crippen molar-refractivity contribution < 1.29 is 14.3 Å². The molecule has 2 fully saturated rings. The normalized spacial score (nSPS) is 24.5. The largest absolute Gasteiger partial charge is 0.379 e. The third kappa shape index (κ3) is 5.47. The Balaban J connectivity index is 1.43. The standard InChI is InChI=1S/C14H26N2O3/c17-14(12-4-7-15-8-5-12)16-6-2-9-18-11-13-3-1-10-19-13/h12-13,15H,1-11H2,(H,16,17). The fraction of sp³-hybridized carbons (Fsp3) is 0.929. The smallest absolute Gasteiger partial charge is 0.223 e. The van der Waals surface area contributed by atoms with E-state index in [0.717, 1.165) is 51.8 Å². The molecule has 0 radical (unpaired) electrons. The summed E-state index contributed by atoms with van der Waals surface area (Å²) in [5.74, 6) is 0.412. The molecule has 0 bridgehead atoms. The Kier molecular flexibility index (Phi) is 6.61. The lowest BCUT2D eigenvalue weighted by Gasteiger charge is -2.21. The van der Waals surface area contributed by atoms with Gasteiger partial charge in [-0.25, -0.2) is 0 Å². The van der Waals surface area contributed by atoms with Crippen molar-refractivity contribution in [3.8, 4) is 0 Å². The van der Waals surface area contributed by atoms with Crippen molar-refractivity contribution in [1.29, 1.82) is 0 Å². The molecular formula is C14H26N2O3. The highest BCUT2D eigenvalue weighted by atomic mass is 16.5. The summed E-state index contributed by atoms with van der Waals surface area (Å²) in [6.07, 6.45) is 5.36. The van der Waals surface area contributed by atoms with Crippen molar-refractivity contribution in [2.24, 2.45) is 5.92 Å². The maximum atomic E-state index is 11.8. The Morgan fingerprint density at radius 3 is 2.89 bits per heavy atom. The van der Waals surface area contributed by atoms with Crippen LogP contribution in [0.15, 0.2) is 0 Å². The van der Waals surface area contributed by atoms with Crippen LogP contribution in [0, 0.1) is 5.92 Å². The molecule has 2 aliphatic heterocycles. The quantitative estimate of drug-likeness (QED) is 0.668. The minimum absolute atomic E-state index is 0.203. The third-order valence-electron chi connectivity index (χ3n) is 3.80. The number of amides is 1. The topological polar surface area (TPSA) is 59.6 Å². The fourth-order valence-corrected chi connectivity index (χ4v) is 2.60. The lowest BCUT2D eigenvalue weighted by molar-refractivity contribution is -0.125. The minimum atomic E-state index is 0.203. The van der Waals surface area contributed by atoms with E-state index in [0.29, 0.717) is 25.9 Å². The molecule has 0 spiro atoms. The van der Waals surface area contributed by atoms with Crippen LogP contribution < -0.4 is 10.6 Å². The Labute approximate surface area is 115 Å². The number of rotatable bonds is 7. The molecule has 2 aliphatic rings. The molecule has 2 rings (SSSR count). The first kappa shape index (κ1) is 14.8. The van der Waals surface area contributed by atoms with Crippen LogP contribution in [0.5, 0.6) is 0 Å². The first-order valence-electron chi connectivity index (χ1n) is 7.54. The van der Waals surface area contributed by atoms with Crippen LogP contribution in [0.2, 0.25) is 0 Å². The van der Waals surface area contributed by atoms with E-state index >= 15 is 0 Å². The molecule has 2 saturated heterocycles. The zero-order chi connectivity index (χ0) is 13.3. The van der Waals surface area contributed by atoms with Crippen LogP contribution in [0.25, 0.3) is 0 Å². The number of piperidine rings is 1. The Morgan fingerprint density at radius 1 is 1.32 bits per heavy atom. The number of carbonyl (C=O) groups is 1. The van der Waals surface area contributed by atoms with Gasteiger partial charge in [0, 0.05) is 25.7 Å². The van der Waals surface area contributed by atoms with E-state index in [1.807, 2.05) is 0 Å². The van der Waals surface area contributed by atoms with Gasteiger partial charge in [0.2, 0.25) is 5.91 Å². The number of ether oxygens (including phenoxy) is 2. The summed E-state index contributed by atoms with van der Waals surface area (Å²) in [4.78, 5) is 11.8. The van der Waals surface area contributed by atoms with Crippen molar-refractivity contribution >= 4 is 5.91 Å². The average Bonchev–Trinajstić information content (AvgIpc) is 2.96. The summed E-state index contributed by atoms with van der Waals surface area (Å²) in [5.41, 5.74) is 0. The average molecular weight is 270 g/mol. The highest BCUT2D eigenvalue weighted by Crippen LogP contribution is 2.12. The second kappa shape index (κ2) is 8.51. The van der Waals surface area contributed by atoms with Gasteiger partial charge in [-0.1, -0.05) is 0 Å². The van der Waals surface area contributed by atoms with E-state index in [1.54, 1.807) is 0 Å². The van der Waals surface area contributed by atoms with Gasteiger partial charge in [-0.15, -0.1) is 0 Å². The molecule has 110 valence electrons. The van der Waals surface area contributed by atoms with Gasteiger partial charge in [0.25, 0.3) is 0 Å². The number of hydrogen-bond acceptors (Lipinski definition) is 4. The third-order valence-corrected chi connectivity index (χ3v) is 3.80. The maximum absolute atomic E-state index is 11.8. The molecule has 2 heterocycles. The van der Waals surface area contributed by atoms with E-state index in [-0.39, 0.29) is 11.8 Å². The first-order valence-corrected chi connectivity index (χ1v) is 7.54. The number of hydrogen-bond donors (Lipinski definition) is 2. The summed E-state index contributed by atoms with van der Waals surface area (Å²) in [6.45, 7) is 4.91. The van der Waals surface area contributed by atoms with E-state index in [1.165, 1.54) is 0 Å². The number of carbonyl (C=O) groups excluding carboxylic acids is 1. The zero-order valence-corrected chi connectivity index (χ0v) is 11.7. The molecule has 19 heavy (non-hydrogen) atoms. The zero-order valence-electron chi connectivity index (χ0n) is 11.7. The lowest BCUT2D eigenvalue weighted by Crippen LogP contribution is -2.38. The molecule has 0 saturated carbocycles. The summed E-state index contributed by atoms with van der Waals surface area (Å²) >= 11 is 0. The summed E-state index contributed by atoms with van der Waals surface area (Å²) in [7, 11) is 0. The molecule has 1 unspecified atom stereocenters. The van der Waals surface area contributed by atoms with Gasteiger partial charge in [0.15, 0.2) is 0 Å². The highest BCUT2D eigenvalue weighted by molar-refractivity contribution is 5.78. The van der Waals surface area contributed by atoms with Crippen LogP contribution in [0.3, 0.4) is 0 Å². The summed E-state index contributed by atoms with van der Waals surface area (Å²) in [5, 5.41) is 6.27. The monoisotopic (exact) mass is 270 g/mol. The Morgan fingerprint density at radius 2 is 2.16 bits per heavy atom. The highest BCUT2D eigenvalue weighted by Gasteiger charge is 2.20. The molecular weight excluding hydrogens is 244 g/mol. The van der Waals surface area contributed by atoms with Crippen molar-refractivity contribution in [3.63, 3.8) is 0 Å². The fourth-order valence-electron chi connectivity index (χ4n) is 2.60. The number of nitrogens with one attached hydrogen (secondary N) is 2. The lowest BCUT2D eigenvalue weighted by atomic mass is 9.97. The van der Waals surface area contributed by atoms with Gasteiger partial charge in [-0.05, 0) is 45.2 Å². The molecule has 1 atom stereocenters. The SMILES string of the molecule is O=C(NCCCOCC1CCCO1)C1CCNCC1. The Bertz CT molecular complexity index is 261. The van der Waals surface area contributed by atoms with Crippen LogP contribution >= 0.6 is 0 Å². The van der Waals surface area contributed by atoms with Crippen molar-refractivity contribution in [3.05, 3.63) is 0 Å². The molecule has 0 aromatic heterocycles. The molecule has 0 aliphatic carbocycles. The van der Waals surface area contributed by atoms with Crippen LogP contribution in [0.1, 0.15) is 32.1 Å². The molecule has 2 N–H and O–H groups in total. The van der Waals surface area contributed by atoms with Gasteiger partial charge < -0.3 is 20.1 Å². The molecule has 0 aromatic rings. The van der Waals surface area contributed by atoms with E-state index in [2.05, 4.69) is 10.6 Å². The first-order chi connectivity index (χ1) is 9.36. The van der Waals surface area contributed by atoms with Crippen LogP contribution in [-0.2, 0) is 14.3 Å². The van der Waals surface area contributed by atoms with Gasteiger partial charge in [0.1, 0.15) is 0 Å². The maximum Gasteiger partial charge on any atom is 0.223 e. The second-order valence-electron chi connectivity index (χ2n) is 5.38.